The maximum absolute atomic E-state index is 14.2. The second kappa shape index (κ2) is 9.32. The molecule has 0 bridgehead atoms. The van der Waals surface area contributed by atoms with Crippen molar-refractivity contribution in [3.8, 4) is 11.4 Å². The van der Waals surface area contributed by atoms with E-state index in [-0.39, 0.29) is 18.0 Å². The van der Waals surface area contributed by atoms with Crippen LogP contribution in [0.4, 0.5) is 14.6 Å². The number of benzene rings is 2. The standard InChI is InChI=1S/C24H23F2N5O2/c1-4-19-20-22(27-13-14-6-9-16(25)10-7-14)28-21(29-23(20)31(3)30-19)15-8-11-18(26)17(12-15)24(32)33-5-2/h6-12H,4-5,13H2,1-3H3,(H,27,28,29). The van der Waals surface area contributed by atoms with Crippen LogP contribution >= 0.6 is 0 Å². The van der Waals surface area contributed by atoms with Gasteiger partial charge in [0, 0.05) is 19.2 Å². The van der Waals surface area contributed by atoms with Crippen LogP contribution in [0.1, 0.15) is 35.5 Å². The van der Waals surface area contributed by atoms with Gasteiger partial charge in [0.25, 0.3) is 0 Å². The summed E-state index contributed by atoms with van der Waals surface area (Å²) in [7, 11) is 1.79. The quantitative estimate of drug-likeness (QED) is 0.412. The molecule has 0 fully saturated rings. The molecule has 0 atom stereocenters. The zero-order chi connectivity index (χ0) is 23.5. The van der Waals surface area contributed by atoms with Gasteiger partial charge >= 0.3 is 5.97 Å². The normalized spacial score (nSPS) is 11.1. The minimum absolute atomic E-state index is 0.136. The van der Waals surface area contributed by atoms with E-state index >= 15 is 0 Å². The number of hydrogen-bond acceptors (Lipinski definition) is 6. The van der Waals surface area contributed by atoms with Crippen LogP contribution in [0.2, 0.25) is 0 Å². The van der Waals surface area contributed by atoms with Gasteiger partial charge in [0.15, 0.2) is 11.5 Å². The summed E-state index contributed by atoms with van der Waals surface area (Å²) in [5.41, 5.74) is 2.58. The van der Waals surface area contributed by atoms with Crippen molar-refractivity contribution in [1.29, 1.82) is 0 Å². The molecule has 4 rings (SSSR count). The number of carbonyl (C=O) groups excluding carboxylic acids is 1. The molecule has 33 heavy (non-hydrogen) atoms. The SMILES string of the molecule is CCOC(=O)c1cc(-c2nc(NCc3ccc(F)cc3)c3c(CC)nn(C)c3n2)ccc1F. The molecular formula is C24H23F2N5O2. The van der Waals surface area contributed by atoms with Crippen LogP contribution in [-0.4, -0.2) is 32.3 Å². The van der Waals surface area contributed by atoms with Crippen molar-refractivity contribution in [2.75, 3.05) is 11.9 Å². The first-order valence-corrected chi connectivity index (χ1v) is 10.6. The molecule has 0 radical (unpaired) electrons. The highest BCUT2D eigenvalue weighted by atomic mass is 19.1. The molecule has 0 aliphatic heterocycles. The number of hydrogen-bond donors (Lipinski definition) is 1. The Morgan fingerprint density at radius 3 is 2.55 bits per heavy atom. The Balaban J connectivity index is 1.80. The van der Waals surface area contributed by atoms with E-state index in [1.807, 2.05) is 6.92 Å². The van der Waals surface area contributed by atoms with E-state index in [0.29, 0.717) is 35.8 Å². The lowest BCUT2D eigenvalue weighted by atomic mass is 10.1. The van der Waals surface area contributed by atoms with Crippen LogP contribution in [0.15, 0.2) is 42.5 Å². The molecule has 170 valence electrons. The Morgan fingerprint density at radius 1 is 1.09 bits per heavy atom. The highest BCUT2D eigenvalue weighted by molar-refractivity contribution is 5.93. The summed E-state index contributed by atoms with van der Waals surface area (Å²) >= 11 is 0. The summed E-state index contributed by atoms with van der Waals surface area (Å²) in [5.74, 6) is -0.880. The van der Waals surface area contributed by atoms with Crippen LogP contribution < -0.4 is 5.32 Å². The molecule has 2 heterocycles. The second-order valence-corrected chi connectivity index (χ2v) is 7.41. The molecular weight excluding hydrogens is 428 g/mol. The van der Waals surface area contributed by atoms with Gasteiger partial charge in [0.2, 0.25) is 0 Å². The average Bonchev–Trinajstić information content (AvgIpc) is 3.14. The third kappa shape index (κ3) is 4.52. The number of anilines is 1. The van der Waals surface area contributed by atoms with Crippen LogP contribution in [-0.2, 0) is 24.8 Å². The average molecular weight is 451 g/mol. The highest BCUT2D eigenvalue weighted by Gasteiger charge is 2.20. The largest absolute Gasteiger partial charge is 0.462 e. The van der Waals surface area contributed by atoms with E-state index in [1.54, 1.807) is 30.8 Å². The number of esters is 1. The molecule has 0 aliphatic carbocycles. The maximum atomic E-state index is 14.2. The third-order valence-corrected chi connectivity index (χ3v) is 5.18. The van der Waals surface area contributed by atoms with E-state index in [1.165, 1.54) is 30.3 Å². The predicted molar refractivity (Wildman–Crippen MR) is 121 cm³/mol. The van der Waals surface area contributed by atoms with E-state index in [2.05, 4.69) is 20.4 Å². The van der Waals surface area contributed by atoms with Crippen molar-refractivity contribution in [2.24, 2.45) is 7.05 Å². The topological polar surface area (TPSA) is 81.9 Å². The van der Waals surface area contributed by atoms with Gasteiger partial charge in [-0.2, -0.15) is 5.10 Å². The van der Waals surface area contributed by atoms with E-state index in [9.17, 15) is 13.6 Å². The fourth-order valence-electron chi connectivity index (χ4n) is 3.55. The number of nitrogens with one attached hydrogen (secondary N) is 1. The van der Waals surface area contributed by atoms with Crippen LogP contribution in [0.5, 0.6) is 0 Å². The van der Waals surface area contributed by atoms with Crippen LogP contribution in [0, 0.1) is 11.6 Å². The number of aryl methyl sites for hydroxylation is 2. The van der Waals surface area contributed by atoms with Gasteiger partial charge < -0.3 is 10.1 Å². The van der Waals surface area contributed by atoms with Crippen molar-refractivity contribution in [3.63, 3.8) is 0 Å². The first-order chi connectivity index (χ1) is 15.9. The summed E-state index contributed by atoms with van der Waals surface area (Å²) in [4.78, 5) is 21.5. The molecule has 0 unspecified atom stereocenters. The smallest absolute Gasteiger partial charge is 0.341 e. The number of carbonyl (C=O) groups is 1. The lowest BCUT2D eigenvalue weighted by molar-refractivity contribution is 0.0521. The van der Waals surface area contributed by atoms with Crippen LogP contribution in [0.3, 0.4) is 0 Å². The zero-order valence-electron chi connectivity index (χ0n) is 18.5. The van der Waals surface area contributed by atoms with Crippen LogP contribution in [0.25, 0.3) is 22.4 Å². The molecule has 2 aromatic carbocycles. The number of halogens is 2. The molecule has 9 heteroatoms. The Bertz CT molecular complexity index is 1320. The molecule has 0 aliphatic rings. The van der Waals surface area contributed by atoms with E-state index in [0.717, 1.165) is 16.6 Å². The molecule has 0 amide bonds. The number of nitrogens with zero attached hydrogens (tertiary/aromatic N) is 4. The van der Waals surface area contributed by atoms with Crippen molar-refractivity contribution >= 4 is 22.8 Å². The van der Waals surface area contributed by atoms with Gasteiger partial charge in [-0.05, 0) is 49.2 Å². The summed E-state index contributed by atoms with van der Waals surface area (Å²) in [6, 6.07) is 10.3. The predicted octanol–water partition coefficient (Wildman–Crippen LogP) is 4.66. The fourth-order valence-corrected chi connectivity index (χ4v) is 3.55. The lowest BCUT2D eigenvalue weighted by Gasteiger charge is -2.11. The van der Waals surface area contributed by atoms with Gasteiger partial charge in [-0.1, -0.05) is 19.1 Å². The summed E-state index contributed by atoms with van der Waals surface area (Å²) in [6.45, 7) is 4.19. The minimum atomic E-state index is -0.749. The van der Waals surface area contributed by atoms with Crippen molar-refractivity contribution in [1.82, 2.24) is 19.7 Å². The molecule has 7 nitrogen and oxygen atoms in total. The van der Waals surface area contributed by atoms with Gasteiger partial charge in [0.05, 0.1) is 23.3 Å². The van der Waals surface area contributed by atoms with Crippen molar-refractivity contribution in [2.45, 2.75) is 26.8 Å². The van der Waals surface area contributed by atoms with Crippen molar-refractivity contribution < 1.29 is 18.3 Å². The number of ether oxygens (including phenoxy) is 1. The van der Waals surface area contributed by atoms with Crippen molar-refractivity contribution in [3.05, 3.63) is 70.9 Å². The van der Waals surface area contributed by atoms with Gasteiger partial charge in [0.1, 0.15) is 17.5 Å². The molecule has 2 aromatic heterocycles. The molecule has 0 saturated heterocycles. The summed E-state index contributed by atoms with van der Waals surface area (Å²) in [6.07, 6.45) is 0.675. The highest BCUT2D eigenvalue weighted by Crippen LogP contribution is 2.29. The second-order valence-electron chi connectivity index (χ2n) is 7.41. The zero-order valence-corrected chi connectivity index (χ0v) is 18.5. The summed E-state index contributed by atoms with van der Waals surface area (Å²) in [5, 5.41) is 8.62. The Labute approximate surface area is 189 Å². The van der Waals surface area contributed by atoms with Gasteiger partial charge in [-0.3, -0.25) is 0 Å². The molecule has 4 aromatic rings. The Hall–Kier alpha value is -3.88. The molecule has 1 N–H and O–H groups in total. The Morgan fingerprint density at radius 2 is 1.85 bits per heavy atom. The first-order valence-electron chi connectivity index (χ1n) is 10.6. The number of fused-ring (bicyclic) bond motifs is 1. The summed E-state index contributed by atoms with van der Waals surface area (Å²) < 4.78 is 34.1. The first kappa shape index (κ1) is 22.3. The maximum Gasteiger partial charge on any atom is 0.341 e. The number of aromatic nitrogens is 4. The van der Waals surface area contributed by atoms with Gasteiger partial charge in [-0.15, -0.1) is 0 Å². The third-order valence-electron chi connectivity index (χ3n) is 5.18. The fraction of sp³-hybridized carbons (Fsp3) is 0.250. The van der Waals surface area contributed by atoms with E-state index < -0.39 is 11.8 Å². The molecule has 0 spiro atoms. The number of rotatable bonds is 7. The monoisotopic (exact) mass is 451 g/mol. The lowest BCUT2D eigenvalue weighted by Crippen LogP contribution is -2.08. The van der Waals surface area contributed by atoms with Gasteiger partial charge in [-0.25, -0.2) is 28.2 Å². The molecule has 0 saturated carbocycles. The minimum Gasteiger partial charge on any atom is -0.462 e. The van der Waals surface area contributed by atoms with E-state index in [4.69, 9.17) is 4.74 Å². The Kier molecular flexibility index (Phi) is 6.30.